The number of hydrogen-bond acceptors (Lipinski definition) is 4. The third-order valence-corrected chi connectivity index (χ3v) is 9.51. The van der Waals surface area contributed by atoms with Gasteiger partial charge in [-0.1, -0.05) is 140 Å². The third kappa shape index (κ3) is 4.57. The summed E-state index contributed by atoms with van der Waals surface area (Å²) in [4.78, 5) is 15.4. The Bertz CT molecular complexity index is 2890. The normalized spacial score (nSPS) is 11.7. The lowest BCUT2D eigenvalue weighted by molar-refractivity contribution is 0.669. The summed E-state index contributed by atoms with van der Waals surface area (Å²) < 4.78 is 6.25. The summed E-state index contributed by atoms with van der Waals surface area (Å²) in [5, 5.41) is 9.36. The molecule has 0 amide bonds. The number of hydrogen-bond donors (Lipinski definition) is 0. The van der Waals surface area contributed by atoms with Crippen LogP contribution in [0.1, 0.15) is 0 Å². The monoisotopic (exact) mass is 625 g/mol. The van der Waals surface area contributed by atoms with Crippen molar-refractivity contribution in [1.82, 2.24) is 15.0 Å². The maximum absolute atomic E-state index is 6.25. The summed E-state index contributed by atoms with van der Waals surface area (Å²) in [6, 6.07) is 57.0. The van der Waals surface area contributed by atoms with Gasteiger partial charge in [-0.15, -0.1) is 0 Å². The van der Waals surface area contributed by atoms with Crippen molar-refractivity contribution in [1.29, 1.82) is 0 Å². The molecule has 0 aliphatic carbocycles. The molecule has 0 saturated carbocycles. The van der Waals surface area contributed by atoms with Crippen LogP contribution in [0.15, 0.2) is 168 Å². The second kappa shape index (κ2) is 11.0. The number of benzene rings is 8. The van der Waals surface area contributed by atoms with Crippen LogP contribution in [0.2, 0.25) is 0 Å². The van der Waals surface area contributed by atoms with Crippen LogP contribution in [0, 0.1) is 0 Å². The zero-order valence-corrected chi connectivity index (χ0v) is 26.3. The fourth-order valence-electron chi connectivity index (χ4n) is 7.15. The molecule has 4 heteroatoms. The maximum atomic E-state index is 6.25. The second-order valence-corrected chi connectivity index (χ2v) is 12.4. The van der Waals surface area contributed by atoms with Gasteiger partial charge >= 0.3 is 0 Å². The molecule has 228 valence electrons. The van der Waals surface area contributed by atoms with E-state index in [-0.39, 0.29) is 0 Å². The van der Waals surface area contributed by atoms with E-state index in [0.29, 0.717) is 17.5 Å². The lowest BCUT2D eigenvalue weighted by Crippen LogP contribution is -2.00. The molecule has 10 aromatic rings. The second-order valence-electron chi connectivity index (χ2n) is 12.4. The molecule has 10 rings (SSSR count). The van der Waals surface area contributed by atoms with E-state index in [9.17, 15) is 0 Å². The van der Waals surface area contributed by atoms with Crippen molar-refractivity contribution in [2.24, 2.45) is 0 Å². The zero-order chi connectivity index (χ0) is 32.3. The average Bonchev–Trinajstić information content (AvgIpc) is 3.57. The number of rotatable bonds is 4. The zero-order valence-electron chi connectivity index (χ0n) is 26.3. The van der Waals surface area contributed by atoms with Gasteiger partial charge in [0.2, 0.25) is 0 Å². The largest absolute Gasteiger partial charge is 0.456 e. The highest BCUT2D eigenvalue weighted by atomic mass is 16.3. The summed E-state index contributed by atoms with van der Waals surface area (Å²) in [6.45, 7) is 0. The molecule has 0 fully saturated rings. The Morgan fingerprint density at radius 1 is 0.327 bits per heavy atom. The van der Waals surface area contributed by atoms with Crippen LogP contribution in [-0.4, -0.2) is 15.0 Å². The summed E-state index contributed by atoms with van der Waals surface area (Å²) in [6.07, 6.45) is 0. The Labute approximate surface area is 282 Å². The number of nitrogens with zero attached hydrogens (tertiary/aromatic N) is 3. The van der Waals surface area contributed by atoms with E-state index in [1.54, 1.807) is 0 Å². The number of furan rings is 1. The maximum Gasteiger partial charge on any atom is 0.164 e. The lowest BCUT2D eigenvalue weighted by Gasteiger charge is -2.12. The Hall–Kier alpha value is -6.65. The first-order valence-corrected chi connectivity index (χ1v) is 16.4. The first-order valence-electron chi connectivity index (χ1n) is 16.4. The predicted molar refractivity (Wildman–Crippen MR) is 201 cm³/mol. The van der Waals surface area contributed by atoms with Crippen LogP contribution in [-0.2, 0) is 0 Å². The third-order valence-electron chi connectivity index (χ3n) is 9.51. The van der Waals surface area contributed by atoms with Gasteiger partial charge in [-0.3, -0.25) is 0 Å². The van der Waals surface area contributed by atoms with E-state index in [1.807, 2.05) is 36.4 Å². The first-order chi connectivity index (χ1) is 24.3. The summed E-state index contributed by atoms with van der Waals surface area (Å²) >= 11 is 0. The van der Waals surface area contributed by atoms with Gasteiger partial charge in [0.1, 0.15) is 11.2 Å². The smallest absolute Gasteiger partial charge is 0.164 e. The Balaban J connectivity index is 1.19. The van der Waals surface area contributed by atoms with Crippen LogP contribution in [0.4, 0.5) is 0 Å². The first kappa shape index (κ1) is 27.5. The van der Waals surface area contributed by atoms with Gasteiger partial charge in [-0.2, -0.15) is 0 Å². The molecular weight excluding hydrogens is 599 g/mol. The molecule has 0 unspecified atom stereocenters. The van der Waals surface area contributed by atoms with Crippen molar-refractivity contribution in [2.75, 3.05) is 0 Å². The van der Waals surface area contributed by atoms with Crippen molar-refractivity contribution in [3.8, 4) is 45.3 Å². The minimum atomic E-state index is 0.604. The molecule has 0 atom stereocenters. The van der Waals surface area contributed by atoms with Gasteiger partial charge in [-0.05, 0) is 67.7 Å². The molecule has 2 aromatic heterocycles. The molecule has 0 aliphatic heterocycles. The molecule has 2 heterocycles. The van der Waals surface area contributed by atoms with Gasteiger partial charge in [0.05, 0.1) is 0 Å². The quantitative estimate of drug-likeness (QED) is 0.183. The van der Waals surface area contributed by atoms with Gasteiger partial charge in [-0.25, -0.2) is 15.0 Å². The number of aromatic nitrogens is 3. The van der Waals surface area contributed by atoms with E-state index in [0.717, 1.165) is 55.1 Å². The van der Waals surface area contributed by atoms with E-state index in [4.69, 9.17) is 19.4 Å². The van der Waals surface area contributed by atoms with Crippen LogP contribution in [0.5, 0.6) is 0 Å². The van der Waals surface area contributed by atoms with Crippen molar-refractivity contribution in [3.63, 3.8) is 0 Å². The SMILES string of the molecule is c1ccc(-c2cccc(-c3nc(-c4ccc5c(ccc6c7ccccc7ccc56)c4)nc(-c4cccc5oc6ccccc6c45)n3)c2)cc1. The number of para-hydroxylation sites is 1. The molecule has 49 heavy (non-hydrogen) atoms. The Morgan fingerprint density at radius 2 is 0.918 bits per heavy atom. The van der Waals surface area contributed by atoms with Crippen LogP contribution in [0.25, 0.3) is 99.5 Å². The van der Waals surface area contributed by atoms with E-state index >= 15 is 0 Å². The predicted octanol–water partition coefficient (Wildman–Crippen LogP) is 11.9. The van der Waals surface area contributed by atoms with Gasteiger partial charge in [0.25, 0.3) is 0 Å². The molecule has 8 aromatic carbocycles. The van der Waals surface area contributed by atoms with Crippen molar-refractivity contribution in [3.05, 3.63) is 164 Å². The highest BCUT2D eigenvalue weighted by Gasteiger charge is 2.18. The van der Waals surface area contributed by atoms with Crippen molar-refractivity contribution < 1.29 is 4.42 Å². The van der Waals surface area contributed by atoms with Crippen molar-refractivity contribution in [2.45, 2.75) is 0 Å². The van der Waals surface area contributed by atoms with E-state index in [2.05, 4.69) is 127 Å². The Morgan fingerprint density at radius 3 is 1.78 bits per heavy atom. The van der Waals surface area contributed by atoms with E-state index < -0.39 is 0 Å². The summed E-state index contributed by atoms with van der Waals surface area (Å²) in [7, 11) is 0. The minimum absolute atomic E-state index is 0.604. The average molecular weight is 626 g/mol. The molecular formula is C45H27N3O. The fraction of sp³-hybridized carbons (Fsp3) is 0. The highest BCUT2D eigenvalue weighted by Crippen LogP contribution is 2.38. The summed E-state index contributed by atoms with van der Waals surface area (Å²) in [5.74, 6) is 1.84. The highest BCUT2D eigenvalue weighted by molar-refractivity contribution is 6.17. The van der Waals surface area contributed by atoms with Gasteiger partial charge in [0.15, 0.2) is 17.5 Å². The molecule has 0 N–H and O–H groups in total. The Kier molecular flexibility index (Phi) is 6.15. The van der Waals surface area contributed by atoms with Crippen LogP contribution >= 0.6 is 0 Å². The molecule has 0 spiro atoms. The summed E-state index contributed by atoms with van der Waals surface area (Å²) in [5.41, 5.74) is 6.65. The van der Waals surface area contributed by atoms with Crippen LogP contribution in [0.3, 0.4) is 0 Å². The molecule has 0 bridgehead atoms. The number of fused-ring (bicyclic) bond motifs is 8. The fourth-order valence-corrected chi connectivity index (χ4v) is 7.15. The molecule has 0 radical (unpaired) electrons. The topological polar surface area (TPSA) is 51.8 Å². The van der Waals surface area contributed by atoms with Crippen molar-refractivity contribution >= 4 is 54.3 Å². The van der Waals surface area contributed by atoms with E-state index in [1.165, 1.54) is 26.9 Å². The lowest BCUT2D eigenvalue weighted by atomic mass is 9.96. The molecule has 4 nitrogen and oxygen atoms in total. The van der Waals surface area contributed by atoms with Crippen LogP contribution < -0.4 is 0 Å². The van der Waals surface area contributed by atoms with Gasteiger partial charge in [0, 0.05) is 27.5 Å². The van der Waals surface area contributed by atoms with Gasteiger partial charge < -0.3 is 4.42 Å². The molecule has 0 saturated heterocycles. The minimum Gasteiger partial charge on any atom is -0.456 e. The molecule has 0 aliphatic rings. The standard InChI is InChI=1S/C45H27N3O/c1-2-10-28(11-3-1)30-13-8-14-32(26-30)43-46-44(48-45(47-43)39-17-9-19-41-42(39)38-16-6-7-18-40(38)49-41)33-22-23-35-31(27-33)21-25-36-34-15-5-4-12-29(34)20-24-37(35)36/h1-27H.